The number of halogens is 2. The van der Waals surface area contributed by atoms with Crippen LogP contribution in [-0.2, 0) is 36.3 Å². The molecule has 0 radical (unpaired) electrons. The van der Waals surface area contributed by atoms with Crippen LogP contribution in [0.15, 0.2) is 72.4 Å². The van der Waals surface area contributed by atoms with Crippen LogP contribution in [0.4, 0.5) is 11.6 Å². The highest BCUT2D eigenvalue weighted by atomic mass is 35.5. The molecule has 2 amide bonds. The molecular weight excluding hydrogens is 703 g/mol. The van der Waals surface area contributed by atoms with E-state index in [1.54, 1.807) is 37.5 Å². The second kappa shape index (κ2) is 14.0. The fourth-order valence-electron chi connectivity index (χ4n) is 6.96. The second-order valence-electron chi connectivity index (χ2n) is 12.8. The van der Waals surface area contributed by atoms with Gasteiger partial charge in [-0.05, 0) is 49.1 Å². The smallest absolute Gasteiger partial charge is 0.261 e. The summed E-state index contributed by atoms with van der Waals surface area (Å²) in [5, 5.41) is 3.37. The van der Waals surface area contributed by atoms with Crippen LogP contribution in [0.3, 0.4) is 0 Å². The molecule has 262 valence electrons. The summed E-state index contributed by atoms with van der Waals surface area (Å²) in [6.45, 7) is 5.77. The Bertz CT molecular complexity index is 1990. The average molecular weight is 740 g/mol. The van der Waals surface area contributed by atoms with Crippen molar-refractivity contribution in [3.05, 3.63) is 83.0 Å². The number of nitrogens with zero attached hydrogens (tertiary/aromatic N) is 7. The lowest BCUT2D eigenvalue weighted by molar-refractivity contribution is -0.125. The second-order valence-corrected chi connectivity index (χ2v) is 15.5. The van der Waals surface area contributed by atoms with Crippen LogP contribution in [0.5, 0.6) is 0 Å². The first kappa shape index (κ1) is 34.5. The molecule has 0 spiro atoms. The van der Waals surface area contributed by atoms with Crippen molar-refractivity contribution < 1.29 is 22.7 Å². The van der Waals surface area contributed by atoms with E-state index < -0.39 is 27.5 Å². The van der Waals surface area contributed by atoms with Crippen molar-refractivity contribution in [2.45, 2.75) is 42.8 Å². The Morgan fingerprint density at radius 1 is 1.00 bits per heavy atom. The number of fused-ring (bicyclic) bond motifs is 1. The standard InChI is InChI=1S/C34H36Cl2N8O5S/c1-34(18-23-4-6-24(7-5-23)25-19-37-22-38-20-25)32(46)43(28-16-26(35)15-27(36)17-28)33-40-21-30(44(33)34)50(47,48)42-9-2-3-29(42)31(45)39-8-10-41-11-13-49-14-12-41/h4-7,15-17,19-22,29H,2-3,8-14,18H2,1H3,(H,39,45). The van der Waals surface area contributed by atoms with Crippen molar-refractivity contribution in [1.82, 2.24) is 34.0 Å². The summed E-state index contributed by atoms with van der Waals surface area (Å²) in [6, 6.07) is 11.4. The highest BCUT2D eigenvalue weighted by Crippen LogP contribution is 2.45. The number of ether oxygens (including phenoxy) is 1. The number of morpholine rings is 1. The number of imidazole rings is 1. The quantitative estimate of drug-likeness (QED) is 0.257. The van der Waals surface area contributed by atoms with Crippen molar-refractivity contribution in [2.75, 3.05) is 50.8 Å². The van der Waals surface area contributed by atoms with Crippen molar-refractivity contribution in [3.63, 3.8) is 0 Å². The topological polar surface area (TPSA) is 143 Å². The number of aromatic nitrogens is 4. The molecule has 3 aliphatic rings. The van der Waals surface area contributed by atoms with Crippen molar-refractivity contribution >= 4 is 56.7 Å². The Kier molecular flexibility index (Phi) is 9.67. The molecule has 0 bridgehead atoms. The van der Waals surface area contributed by atoms with E-state index >= 15 is 0 Å². The number of amides is 2. The fourth-order valence-corrected chi connectivity index (χ4v) is 9.32. The molecule has 50 heavy (non-hydrogen) atoms. The lowest BCUT2D eigenvalue weighted by atomic mass is 9.91. The average Bonchev–Trinajstić information content (AvgIpc) is 3.83. The van der Waals surface area contributed by atoms with Crippen molar-refractivity contribution in [3.8, 4) is 11.1 Å². The number of rotatable bonds is 10. The van der Waals surface area contributed by atoms with Crippen molar-refractivity contribution in [2.24, 2.45) is 0 Å². The summed E-state index contributed by atoms with van der Waals surface area (Å²) >= 11 is 12.7. The van der Waals surface area contributed by atoms with Gasteiger partial charge >= 0.3 is 0 Å². The SMILES string of the molecule is CC1(Cc2ccc(-c3cncnc3)cc2)C(=O)N(c2cc(Cl)cc(Cl)c2)c2ncc(S(=O)(=O)N3CCCC3C(=O)NCCN3CCOCC3)n21. The molecule has 0 aliphatic carbocycles. The Labute approximate surface area is 300 Å². The molecule has 1 N–H and O–H groups in total. The normalized spacial score (nSPS) is 21.5. The number of anilines is 2. The Hall–Kier alpha value is -3.92. The lowest BCUT2D eigenvalue weighted by Crippen LogP contribution is -2.49. The summed E-state index contributed by atoms with van der Waals surface area (Å²) in [5.41, 5.74) is 1.43. The van der Waals surface area contributed by atoms with Gasteiger partial charge in [-0.25, -0.2) is 28.3 Å². The van der Waals surface area contributed by atoms with Crippen LogP contribution < -0.4 is 10.2 Å². The van der Waals surface area contributed by atoms with Gasteiger partial charge in [-0.2, -0.15) is 4.31 Å². The first-order chi connectivity index (χ1) is 24.1. The van der Waals surface area contributed by atoms with Crippen molar-refractivity contribution in [1.29, 1.82) is 0 Å². The molecule has 2 unspecified atom stereocenters. The van der Waals surface area contributed by atoms with Crippen LogP contribution in [0.1, 0.15) is 25.3 Å². The number of sulfonamides is 1. The van der Waals surface area contributed by atoms with Crippen LogP contribution in [0, 0.1) is 0 Å². The highest BCUT2D eigenvalue weighted by Gasteiger charge is 2.53. The van der Waals surface area contributed by atoms with E-state index in [-0.39, 0.29) is 29.8 Å². The first-order valence-corrected chi connectivity index (χ1v) is 18.6. The molecule has 4 aromatic rings. The van der Waals surface area contributed by atoms with Gasteiger partial charge in [0, 0.05) is 67.1 Å². The number of hydrogen-bond acceptors (Lipinski definition) is 9. The molecule has 2 fully saturated rings. The van der Waals surface area contributed by atoms with Crippen LogP contribution >= 0.6 is 23.2 Å². The third-order valence-electron chi connectivity index (χ3n) is 9.48. The number of nitrogens with one attached hydrogen (secondary N) is 1. The van der Waals surface area contributed by atoms with Crippen LogP contribution in [0.2, 0.25) is 10.0 Å². The summed E-state index contributed by atoms with van der Waals surface area (Å²) in [4.78, 5) is 44.2. The lowest BCUT2D eigenvalue weighted by Gasteiger charge is -2.29. The Morgan fingerprint density at radius 2 is 1.70 bits per heavy atom. The summed E-state index contributed by atoms with van der Waals surface area (Å²) in [7, 11) is -4.31. The van der Waals surface area contributed by atoms with Gasteiger partial charge in [-0.1, -0.05) is 47.5 Å². The maximum absolute atomic E-state index is 14.6. The maximum Gasteiger partial charge on any atom is 0.261 e. The van der Waals surface area contributed by atoms with E-state index in [9.17, 15) is 18.0 Å². The predicted octanol–water partition coefficient (Wildman–Crippen LogP) is 3.88. The van der Waals surface area contributed by atoms with Gasteiger partial charge in [0.2, 0.25) is 11.9 Å². The van der Waals surface area contributed by atoms with Gasteiger partial charge in [-0.15, -0.1) is 0 Å². The minimum absolute atomic E-state index is 0.109. The highest BCUT2D eigenvalue weighted by molar-refractivity contribution is 7.89. The van der Waals surface area contributed by atoms with E-state index in [1.165, 1.54) is 26.3 Å². The third-order valence-corrected chi connectivity index (χ3v) is 11.8. The summed E-state index contributed by atoms with van der Waals surface area (Å²) in [6.07, 6.45) is 7.18. The first-order valence-electron chi connectivity index (χ1n) is 16.4. The molecule has 13 nitrogen and oxygen atoms in total. The zero-order chi connectivity index (χ0) is 35.0. The van der Waals surface area contributed by atoms with Gasteiger partial charge < -0.3 is 10.1 Å². The fraction of sp³-hybridized carbons (Fsp3) is 0.382. The Morgan fingerprint density at radius 3 is 2.40 bits per heavy atom. The van der Waals surface area contributed by atoms with E-state index in [2.05, 4.69) is 25.2 Å². The molecule has 2 aromatic carbocycles. The molecule has 16 heteroatoms. The zero-order valence-electron chi connectivity index (χ0n) is 27.3. The van der Waals surface area contributed by atoms with E-state index in [0.29, 0.717) is 54.9 Å². The van der Waals surface area contributed by atoms with Crippen LogP contribution in [0.25, 0.3) is 11.1 Å². The van der Waals surface area contributed by atoms with Gasteiger partial charge in [-0.3, -0.25) is 19.1 Å². The molecule has 3 aliphatic heterocycles. The minimum atomic E-state index is -4.31. The summed E-state index contributed by atoms with van der Waals surface area (Å²) in [5.74, 6) is -0.647. The molecule has 2 atom stereocenters. The number of benzene rings is 2. The molecule has 7 rings (SSSR count). The zero-order valence-corrected chi connectivity index (χ0v) is 29.7. The Balaban J connectivity index is 1.22. The predicted molar refractivity (Wildman–Crippen MR) is 188 cm³/mol. The van der Waals surface area contributed by atoms with E-state index in [0.717, 1.165) is 29.8 Å². The largest absolute Gasteiger partial charge is 0.379 e. The number of carbonyl (C=O) groups excluding carboxylic acids is 2. The van der Waals surface area contributed by atoms with Gasteiger partial charge in [0.15, 0.2) is 5.03 Å². The molecule has 2 aromatic heterocycles. The van der Waals surface area contributed by atoms with E-state index in [4.69, 9.17) is 27.9 Å². The summed E-state index contributed by atoms with van der Waals surface area (Å²) < 4.78 is 37.3. The monoisotopic (exact) mass is 738 g/mol. The number of carbonyl (C=O) groups is 2. The van der Waals surface area contributed by atoms with Gasteiger partial charge in [0.1, 0.15) is 17.9 Å². The van der Waals surface area contributed by atoms with Gasteiger partial charge in [0.05, 0.1) is 25.1 Å². The maximum atomic E-state index is 14.6. The number of hydrogen-bond donors (Lipinski definition) is 1. The molecular formula is C34H36Cl2N8O5S. The van der Waals surface area contributed by atoms with Gasteiger partial charge in [0.25, 0.3) is 15.9 Å². The molecule has 2 saturated heterocycles. The minimum Gasteiger partial charge on any atom is -0.379 e. The molecule has 0 saturated carbocycles. The molecule has 5 heterocycles. The van der Waals surface area contributed by atoms with E-state index in [1.807, 2.05) is 24.3 Å². The van der Waals surface area contributed by atoms with Crippen LogP contribution in [-0.4, -0.2) is 101 Å². The third kappa shape index (κ3) is 6.51.